The summed E-state index contributed by atoms with van der Waals surface area (Å²) in [5.41, 5.74) is 0.907. The van der Waals surface area contributed by atoms with Gasteiger partial charge in [0.25, 0.3) is 0 Å². The molecule has 1 aliphatic heterocycles. The van der Waals surface area contributed by atoms with Crippen molar-refractivity contribution in [3.63, 3.8) is 0 Å². The molecule has 0 radical (unpaired) electrons. The van der Waals surface area contributed by atoms with Gasteiger partial charge in [-0.3, -0.25) is 0 Å². The third-order valence-corrected chi connectivity index (χ3v) is 3.16. The maximum atomic E-state index is 5.85. The van der Waals surface area contributed by atoms with Gasteiger partial charge in [0.05, 0.1) is 0 Å². The molecule has 94 valence electrons. The summed E-state index contributed by atoms with van der Waals surface area (Å²) in [4.78, 5) is 6.50. The van der Waals surface area contributed by atoms with E-state index in [1.54, 1.807) is 0 Å². The average Bonchev–Trinajstić information content (AvgIpc) is 2.90. The van der Waals surface area contributed by atoms with E-state index in [0.29, 0.717) is 16.9 Å². The topological polar surface area (TPSA) is 54.2 Å². The third-order valence-electron chi connectivity index (χ3n) is 2.91. The van der Waals surface area contributed by atoms with Crippen LogP contribution in [0.1, 0.15) is 0 Å². The van der Waals surface area contributed by atoms with Crippen LogP contribution >= 0.6 is 11.6 Å². The zero-order valence-corrected chi connectivity index (χ0v) is 10.5. The van der Waals surface area contributed by atoms with Crippen molar-refractivity contribution in [1.82, 2.24) is 15.5 Å². The van der Waals surface area contributed by atoms with Crippen molar-refractivity contribution in [2.24, 2.45) is 0 Å². The van der Waals surface area contributed by atoms with E-state index in [2.05, 4.69) is 20.4 Å². The van der Waals surface area contributed by atoms with Crippen LogP contribution in [0, 0.1) is 0 Å². The molecule has 0 amide bonds. The smallest absolute Gasteiger partial charge is 0.322 e. The van der Waals surface area contributed by atoms with E-state index in [0.717, 1.165) is 31.7 Å². The number of rotatable bonds is 2. The molecular formula is C12H13ClN4O. The second-order valence-electron chi connectivity index (χ2n) is 4.14. The summed E-state index contributed by atoms with van der Waals surface area (Å²) in [5.74, 6) is 0.597. The number of aromatic nitrogens is 2. The fraction of sp³-hybridized carbons (Fsp3) is 0.333. The average molecular weight is 265 g/mol. The molecule has 6 heteroatoms. The number of hydrogen-bond donors (Lipinski definition) is 1. The van der Waals surface area contributed by atoms with E-state index < -0.39 is 0 Å². The molecule has 1 aliphatic rings. The van der Waals surface area contributed by atoms with Gasteiger partial charge in [0.2, 0.25) is 5.82 Å². The molecular weight excluding hydrogens is 252 g/mol. The molecule has 5 nitrogen and oxygen atoms in total. The van der Waals surface area contributed by atoms with Crippen molar-refractivity contribution in [1.29, 1.82) is 0 Å². The predicted molar refractivity (Wildman–Crippen MR) is 69.8 cm³/mol. The molecule has 1 aromatic carbocycles. The number of piperazine rings is 1. The Hall–Kier alpha value is -1.59. The zero-order valence-electron chi connectivity index (χ0n) is 9.77. The lowest BCUT2D eigenvalue weighted by atomic mass is 10.2. The van der Waals surface area contributed by atoms with E-state index in [4.69, 9.17) is 16.1 Å². The highest BCUT2D eigenvalue weighted by atomic mass is 35.5. The van der Waals surface area contributed by atoms with Crippen molar-refractivity contribution >= 4 is 17.6 Å². The molecule has 0 atom stereocenters. The quantitative estimate of drug-likeness (QED) is 0.896. The lowest BCUT2D eigenvalue weighted by molar-refractivity contribution is 0.405. The Morgan fingerprint density at radius 1 is 1.17 bits per heavy atom. The van der Waals surface area contributed by atoms with Crippen molar-refractivity contribution in [3.05, 3.63) is 29.3 Å². The summed E-state index contributed by atoms with van der Waals surface area (Å²) >= 11 is 5.85. The Labute approximate surface area is 110 Å². The monoisotopic (exact) mass is 264 g/mol. The molecule has 1 aromatic heterocycles. The minimum absolute atomic E-state index is 0.585. The Morgan fingerprint density at radius 2 is 1.89 bits per heavy atom. The first kappa shape index (κ1) is 11.5. The van der Waals surface area contributed by atoms with Crippen molar-refractivity contribution < 1.29 is 4.52 Å². The van der Waals surface area contributed by atoms with Crippen LogP contribution in [0.2, 0.25) is 5.02 Å². The van der Waals surface area contributed by atoms with Crippen LogP contribution < -0.4 is 10.2 Å². The lowest BCUT2D eigenvalue weighted by Gasteiger charge is -2.24. The van der Waals surface area contributed by atoms with Gasteiger partial charge >= 0.3 is 6.01 Å². The summed E-state index contributed by atoms with van der Waals surface area (Å²) in [7, 11) is 0. The number of hydrogen-bond acceptors (Lipinski definition) is 5. The van der Waals surface area contributed by atoms with Crippen LogP contribution in [0.3, 0.4) is 0 Å². The third kappa shape index (κ3) is 2.32. The molecule has 1 saturated heterocycles. The van der Waals surface area contributed by atoms with Crippen LogP contribution in [0.4, 0.5) is 6.01 Å². The Kier molecular flexibility index (Phi) is 3.17. The molecule has 2 aromatic rings. The summed E-state index contributed by atoms with van der Waals surface area (Å²) < 4.78 is 5.29. The first-order valence-electron chi connectivity index (χ1n) is 5.88. The molecule has 0 aliphatic carbocycles. The SMILES string of the molecule is Clc1ccc(-c2noc(N3CCNCC3)n2)cc1. The minimum atomic E-state index is 0.585. The first-order valence-corrected chi connectivity index (χ1v) is 6.26. The molecule has 0 saturated carbocycles. The summed E-state index contributed by atoms with van der Waals surface area (Å²) in [6, 6.07) is 7.99. The molecule has 1 fully saturated rings. The Morgan fingerprint density at radius 3 is 2.61 bits per heavy atom. The van der Waals surface area contributed by atoms with Crippen molar-refractivity contribution in [2.45, 2.75) is 0 Å². The highest BCUT2D eigenvalue weighted by molar-refractivity contribution is 6.30. The molecule has 2 heterocycles. The second-order valence-corrected chi connectivity index (χ2v) is 4.58. The highest BCUT2D eigenvalue weighted by Crippen LogP contribution is 2.21. The van der Waals surface area contributed by atoms with Crippen LogP contribution in [-0.2, 0) is 0 Å². The fourth-order valence-corrected chi connectivity index (χ4v) is 2.04. The van der Waals surface area contributed by atoms with E-state index in [9.17, 15) is 0 Å². The van der Waals surface area contributed by atoms with Gasteiger partial charge in [-0.15, -0.1) is 0 Å². The molecule has 0 spiro atoms. The molecule has 1 N–H and O–H groups in total. The maximum absolute atomic E-state index is 5.85. The standard InChI is InChI=1S/C12H13ClN4O/c13-10-3-1-9(2-4-10)11-15-12(18-16-11)17-7-5-14-6-8-17/h1-4,14H,5-8H2. The van der Waals surface area contributed by atoms with Gasteiger partial charge in [-0.25, -0.2) is 0 Å². The summed E-state index contributed by atoms with van der Waals surface area (Å²) in [5, 5.41) is 7.98. The van der Waals surface area contributed by atoms with Crippen molar-refractivity contribution in [2.75, 3.05) is 31.1 Å². The lowest BCUT2D eigenvalue weighted by Crippen LogP contribution is -2.43. The van der Waals surface area contributed by atoms with Crippen LogP contribution in [-0.4, -0.2) is 36.3 Å². The molecule has 3 rings (SSSR count). The van der Waals surface area contributed by atoms with Crippen LogP contribution in [0.25, 0.3) is 11.4 Å². The molecule has 0 unspecified atom stereocenters. The normalized spacial score (nSPS) is 15.9. The van der Waals surface area contributed by atoms with Gasteiger partial charge in [-0.1, -0.05) is 16.8 Å². The van der Waals surface area contributed by atoms with Gasteiger partial charge in [0.1, 0.15) is 0 Å². The van der Waals surface area contributed by atoms with E-state index in [1.165, 1.54) is 0 Å². The van der Waals surface area contributed by atoms with Gasteiger partial charge in [0.15, 0.2) is 0 Å². The largest absolute Gasteiger partial charge is 0.324 e. The fourth-order valence-electron chi connectivity index (χ4n) is 1.92. The van der Waals surface area contributed by atoms with E-state index >= 15 is 0 Å². The molecule has 0 bridgehead atoms. The summed E-state index contributed by atoms with van der Waals surface area (Å²) in [6.45, 7) is 3.67. The second kappa shape index (κ2) is 4.96. The predicted octanol–water partition coefficient (Wildman–Crippen LogP) is 1.80. The van der Waals surface area contributed by atoms with Gasteiger partial charge in [0, 0.05) is 36.8 Å². The first-order chi connectivity index (χ1) is 8.83. The highest BCUT2D eigenvalue weighted by Gasteiger charge is 2.17. The van der Waals surface area contributed by atoms with Crippen LogP contribution in [0.15, 0.2) is 28.8 Å². The zero-order chi connectivity index (χ0) is 12.4. The van der Waals surface area contributed by atoms with E-state index in [1.807, 2.05) is 24.3 Å². The van der Waals surface area contributed by atoms with Crippen LogP contribution in [0.5, 0.6) is 0 Å². The number of benzene rings is 1. The van der Waals surface area contributed by atoms with Crippen molar-refractivity contribution in [3.8, 4) is 11.4 Å². The minimum Gasteiger partial charge on any atom is -0.322 e. The van der Waals surface area contributed by atoms with Gasteiger partial charge in [-0.05, 0) is 24.3 Å². The number of anilines is 1. The molecule has 18 heavy (non-hydrogen) atoms. The Bertz CT molecular complexity index is 519. The Balaban J connectivity index is 1.82. The maximum Gasteiger partial charge on any atom is 0.324 e. The summed E-state index contributed by atoms with van der Waals surface area (Å²) in [6.07, 6.45) is 0. The number of nitrogens with one attached hydrogen (secondary N) is 1. The number of halogens is 1. The number of nitrogens with zero attached hydrogens (tertiary/aromatic N) is 3. The van der Waals surface area contributed by atoms with Gasteiger partial charge in [-0.2, -0.15) is 4.98 Å². The van der Waals surface area contributed by atoms with E-state index in [-0.39, 0.29) is 0 Å². The van der Waals surface area contributed by atoms with Gasteiger partial charge < -0.3 is 14.7 Å².